The van der Waals surface area contributed by atoms with Crippen molar-refractivity contribution in [3.8, 4) is 0 Å². The average Bonchev–Trinajstić information content (AvgIpc) is 3.05. The first-order chi connectivity index (χ1) is 8.72. The lowest BCUT2D eigenvalue weighted by Gasteiger charge is -2.09. The summed E-state index contributed by atoms with van der Waals surface area (Å²) in [7, 11) is 0. The van der Waals surface area contributed by atoms with Crippen molar-refractivity contribution in [2.24, 2.45) is 0 Å². The maximum absolute atomic E-state index is 13.1. The van der Waals surface area contributed by atoms with Crippen LogP contribution in [0.1, 0.15) is 18.4 Å². The molecule has 1 saturated carbocycles. The fourth-order valence-electron chi connectivity index (χ4n) is 1.82. The Kier molecular flexibility index (Phi) is 2.96. The number of nitrogens with zero attached hydrogens (tertiary/aromatic N) is 2. The molecular weight excluding hydrogens is 253 g/mol. The Labute approximate surface area is 110 Å². The summed E-state index contributed by atoms with van der Waals surface area (Å²) in [5.41, 5.74) is 0.957. The lowest BCUT2D eigenvalue weighted by molar-refractivity contribution is 0.626. The summed E-state index contributed by atoms with van der Waals surface area (Å²) in [6.07, 6.45) is 6.07. The van der Waals surface area contributed by atoms with Crippen LogP contribution >= 0.6 is 11.6 Å². The molecule has 0 amide bonds. The molecule has 0 radical (unpaired) electrons. The van der Waals surface area contributed by atoms with Gasteiger partial charge in [0.2, 0.25) is 5.95 Å². The highest BCUT2D eigenvalue weighted by atomic mass is 35.5. The second-order valence-electron chi connectivity index (χ2n) is 4.55. The lowest BCUT2D eigenvalue weighted by atomic mass is 10.2. The number of nitrogens with one attached hydrogen (secondary N) is 1. The number of halogens is 2. The topological polar surface area (TPSA) is 29.9 Å². The zero-order valence-electron chi connectivity index (χ0n) is 9.74. The predicted octanol–water partition coefficient (Wildman–Crippen LogP) is 3.30. The summed E-state index contributed by atoms with van der Waals surface area (Å²) >= 11 is 5.77. The fourth-order valence-corrected chi connectivity index (χ4v) is 2.03. The SMILES string of the molecule is Fc1ccc(Cn2ccnc2NC2CC2)cc1Cl. The van der Waals surface area contributed by atoms with Crippen LogP contribution in [0.2, 0.25) is 5.02 Å². The standard InChI is InChI=1S/C13H13ClFN3/c14-11-7-9(1-4-12(11)15)8-18-6-5-16-13(18)17-10-2-3-10/h1,4-7,10H,2-3,8H2,(H,16,17). The number of hydrogen-bond acceptors (Lipinski definition) is 2. The van der Waals surface area contributed by atoms with Gasteiger partial charge in [-0.05, 0) is 30.5 Å². The highest BCUT2D eigenvalue weighted by Gasteiger charge is 2.22. The van der Waals surface area contributed by atoms with Gasteiger partial charge in [-0.15, -0.1) is 0 Å². The summed E-state index contributed by atoms with van der Waals surface area (Å²) in [4.78, 5) is 4.28. The third kappa shape index (κ3) is 2.48. The van der Waals surface area contributed by atoms with Gasteiger partial charge in [0.25, 0.3) is 0 Å². The Balaban J connectivity index is 1.78. The molecule has 94 valence electrons. The van der Waals surface area contributed by atoms with Crippen molar-refractivity contribution in [2.45, 2.75) is 25.4 Å². The Morgan fingerprint density at radius 3 is 3.00 bits per heavy atom. The Morgan fingerprint density at radius 2 is 2.28 bits per heavy atom. The van der Waals surface area contributed by atoms with Gasteiger partial charge in [0, 0.05) is 18.4 Å². The molecule has 1 N–H and O–H groups in total. The zero-order chi connectivity index (χ0) is 12.5. The minimum atomic E-state index is -0.387. The van der Waals surface area contributed by atoms with E-state index in [9.17, 15) is 4.39 Å². The molecule has 3 nitrogen and oxygen atoms in total. The van der Waals surface area contributed by atoms with Gasteiger partial charge in [0.05, 0.1) is 11.6 Å². The smallest absolute Gasteiger partial charge is 0.203 e. The second kappa shape index (κ2) is 4.61. The molecule has 1 heterocycles. The van der Waals surface area contributed by atoms with Crippen molar-refractivity contribution in [1.29, 1.82) is 0 Å². The molecule has 18 heavy (non-hydrogen) atoms. The maximum Gasteiger partial charge on any atom is 0.203 e. The van der Waals surface area contributed by atoms with Crippen LogP contribution in [0.15, 0.2) is 30.6 Å². The van der Waals surface area contributed by atoms with Gasteiger partial charge in [-0.1, -0.05) is 17.7 Å². The minimum absolute atomic E-state index is 0.157. The second-order valence-corrected chi connectivity index (χ2v) is 4.95. The largest absolute Gasteiger partial charge is 0.353 e. The van der Waals surface area contributed by atoms with Gasteiger partial charge < -0.3 is 9.88 Å². The van der Waals surface area contributed by atoms with E-state index in [0.29, 0.717) is 12.6 Å². The van der Waals surface area contributed by atoms with Crippen LogP contribution in [-0.4, -0.2) is 15.6 Å². The highest BCUT2D eigenvalue weighted by molar-refractivity contribution is 6.30. The Morgan fingerprint density at radius 1 is 1.44 bits per heavy atom. The molecule has 1 aromatic heterocycles. The van der Waals surface area contributed by atoms with Crippen LogP contribution in [-0.2, 0) is 6.54 Å². The van der Waals surface area contributed by atoms with Gasteiger partial charge >= 0.3 is 0 Å². The van der Waals surface area contributed by atoms with Crippen LogP contribution in [0, 0.1) is 5.82 Å². The first-order valence-electron chi connectivity index (χ1n) is 5.94. The Bertz CT molecular complexity index is 563. The number of benzene rings is 1. The van der Waals surface area contributed by atoms with Crippen molar-refractivity contribution in [2.75, 3.05) is 5.32 Å². The molecule has 1 fully saturated rings. The van der Waals surface area contributed by atoms with Crippen LogP contribution in [0.5, 0.6) is 0 Å². The van der Waals surface area contributed by atoms with Crippen LogP contribution in [0.25, 0.3) is 0 Å². The van der Waals surface area contributed by atoms with Crippen molar-refractivity contribution in [1.82, 2.24) is 9.55 Å². The fraction of sp³-hybridized carbons (Fsp3) is 0.308. The zero-order valence-corrected chi connectivity index (χ0v) is 10.5. The van der Waals surface area contributed by atoms with Gasteiger partial charge in [-0.3, -0.25) is 0 Å². The summed E-state index contributed by atoms with van der Waals surface area (Å²) in [5.74, 6) is 0.473. The molecule has 0 spiro atoms. The van der Waals surface area contributed by atoms with E-state index in [1.54, 1.807) is 18.3 Å². The third-order valence-electron chi connectivity index (χ3n) is 2.96. The van der Waals surface area contributed by atoms with E-state index in [-0.39, 0.29) is 10.8 Å². The van der Waals surface area contributed by atoms with Crippen LogP contribution < -0.4 is 5.32 Å². The van der Waals surface area contributed by atoms with Gasteiger partial charge in [-0.25, -0.2) is 9.37 Å². The number of aromatic nitrogens is 2. The molecule has 2 aromatic rings. The highest BCUT2D eigenvalue weighted by Crippen LogP contribution is 2.24. The molecule has 0 bridgehead atoms. The first kappa shape index (κ1) is 11.5. The van der Waals surface area contributed by atoms with Gasteiger partial charge in [0.1, 0.15) is 5.82 Å². The average molecular weight is 266 g/mol. The number of anilines is 1. The monoisotopic (exact) mass is 265 g/mol. The van der Waals surface area contributed by atoms with Gasteiger partial charge in [-0.2, -0.15) is 0 Å². The van der Waals surface area contributed by atoms with E-state index in [2.05, 4.69) is 10.3 Å². The Hall–Kier alpha value is -1.55. The normalized spacial score (nSPS) is 14.8. The van der Waals surface area contributed by atoms with Crippen LogP contribution in [0.4, 0.5) is 10.3 Å². The summed E-state index contributed by atoms with van der Waals surface area (Å²) in [6.45, 7) is 0.634. The summed E-state index contributed by atoms with van der Waals surface area (Å²) in [5, 5.41) is 3.51. The molecule has 1 aliphatic carbocycles. The maximum atomic E-state index is 13.1. The molecule has 3 rings (SSSR count). The molecule has 1 aromatic carbocycles. The van der Waals surface area contributed by atoms with E-state index < -0.39 is 0 Å². The molecular formula is C13H13ClFN3. The van der Waals surface area contributed by atoms with E-state index in [1.165, 1.54) is 18.9 Å². The van der Waals surface area contributed by atoms with Crippen molar-refractivity contribution >= 4 is 17.5 Å². The summed E-state index contributed by atoms with van der Waals surface area (Å²) in [6, 6.07) is 5.34. The molecule has 0 saturated heterocycles. The molecule has 5 heteroatoms. The van der Waals surface area contributed by atoms with E-state index in [1.807, 2.05) is 10.8 Å². The van der Waals surface area contributed by atoms with Gasteiger partial charge in [0.15, 0.2) is 0 Å². The number of imidazole rings is 1. The van der Waals surface area contributed by atoms with Crippen LogP contribution in [0.3, 0.4) is 0 Å². The summed E-state index contributed by atoms with van der Waals surface area (Å²) < 4.78 is 15.1. The quantitative estimate of drug-likeness (QED) is 0.919. The van der Waals surface area contributed by atoms with Crippen molar-refractivity contribution < 1.29 is 4.39 Å². The predicted molar refractivity (Wildman–Crippen MR) is 69.4 cm³/mol. The van der Waals surface area contributed by atoms with E-state index in [0.717, 1.165) is 11.5 Å². The molecule has 0 aliphatic heterocycles. The van der Waals surface area contributed by atoms with Crippen molar-refractivity contribution in [3.05, 3.63) is 47.0 Å². The van der Waals surface area contributed by atoms with E-state index >= 15 is 0 Å². The molecule has 1 aliphatic rings. The third-order valence-corrected chi connectivity index (χ3v) is 3.25. The number of hydrogen-bond donors (Lipinski definition) is 1. The first-order valence-corrected chi connectivity index (χ1v) is 6.32. The van der Waals surface area contributed by atoms with Crippen molar-refractivity contribution in [3.63, 3.8) is 0 Å². The minimum Gasteiger partial charge on any atom is -0.353 e. The molecule has 0 unspecified atom stereocenters. The lowest BCUT2D eigenvalue weighted by Crippen LogP contribution is -2.09. The number of rotatable bonds is 4. The van der Waals surface area contributed by atoms with E-state index in [4.69, 9.17) is 11.6 Å². The molecule has 0 atom stereocenters.